The fourth-order valence-corrected chi connectivity index (χ4v) is 7.39. The molecule has 35 heavy (non-hydrogen) atoms. The van der Waals surface area contributed by atoms with E-state index in [2.05, 4.69) is 36.9 Å². The molecule has 5 rings (SSSR count). The van der Waals surface area contributed by atoms with Crippen LogP contribution in [0.4, 0.5) is 13.2 Å². The highest BCUT2D eigenvalue weighted by molar-refractivity contribution is 5.29. The maximum absolute atomic E-state index is 13.7. The summed E-state index contributed by atoms with van der Waals surface area (Å²) in [6.45, 7) is 3.97. The zero-order chi connectivity index (χ0) is 24.4. The first-order valence-electron chi connectivity index (χ1n) is 13.9. The van der Waals surface area contributed by atoms with E-state index in [0.29, 0.717) is 23.3 Å². The molecule has 3 fully saturated rings. The fraction of sp³-hybridized carbons (Fsp3) is 0.562. The third-order valence-corrected chi connectivity index (χ3v) is 9.67. The van der Waals surface area contributed by atoms with Crippen molar-refractivity contribution in [3.8, 4) is 0 Å². The highest BCUT2D eigenvalue weighted by atomic mass is 19.2. The van der Waals surface area contributed by atoms with Gasteiger partial charge in [0, 0.05) is 0 Å². The number of halogens is 3. The van der Waals surface area contributed by atoms with Gasteiger partial charge >= 0.3 is 0 Å². The molecule has 0 aromatic heterocycles. The average Bonchev–Trinajstić information content (AvgIpc) is 2.92. The second-order valence-corrected chi connectivity index (χ2v) is 11.5. The van der Waals surface area contributed by atoms with Crippen LogP contribution in [-0.2, 0) is 0 Å². The molecule has 3 saturated carbocycles. The van der Waals surface area contributed by atoms with E-state index in [1.54, 1.807) is 0 Å². The first-order chi connectivity index (χ1) is 17.0. The van der Waals surface area contributed by atoms with Crippen molar-refractivity contribution in [2.24, 2.45) is 17.8 Å². The van der Waals surface area contributed by atoms with Gasteiger partial charge in [0.15, 0.2) is 17.5 Å². The summed E-state index contributed by atoms with van der Waals surface area (Å²) in [6.07, 6.45) is 16.5. The Balaban J connectivity index is 1.10. The maximum atomic E-state index is 13.7. The van der Waals surface area contributed by atoms with Crippen LogP contribution in [0.15, 0.2) is 49.1 Å². The smallest absolute Gasteiger partial charge is 0.194 e. The second-order valence-electron chi connectivity index (χ2n) is 11.5. The highest BCUT2D eigenvalue weighted by Gasteiger charge is 2.32. The molecule has 0 radical (unpaired) electrons. The molecule has 0 N–H and O–H groups in total. The molecule has 0 amide bonds. The average molecular weight is 481 g/mol. The Morgan fingerprint density at radius 1 is 0.543 bits per heavy atom. The van der Waals surface area contributed by atoms with E-state index >= 15 is 0 Å². The van der Waals surface area contributed by atoms with Gasteiger partial charge in [-0.1, -0.05) is 30.3 Å². The summed E-state index contributed by atoms with van der Waals surface area (Å²) in [6, 6.07) is 12.0. The molecule has 3 aliphatic rings. The summed E-state index contributed by atoms with van der Waals surface area (Å²) < 4.78 is 40.6. The van der Waals surface area contributed by atoms with Crippen molar-refractivity contribution in [2.45, 2.75) is 94.8 Å². The van der Waals surface area contributed by atoms with Crippen molar-refractivity contribution in [3.05, 3.63) is 83.2 Å². The Morgan fingerprint density at radius 3 is 1.31 bits per heavy atom. The molecule has 3 aliphatic carbocycles. The molecule has 3 heteroatoms. The Morgan fingerprint density at radius 2 is 0.914 bits per heavy atom. The van der Waals surface area contributed by atoms with Gasteiger partial charge in [0.1, 0.15) is 0 Å². The van der Waals surface area contributed by atoms with Crippen molar-refractivity contribution in [1.29, 1.82) is 0 Å². The van der Waals surface area contributed by atoms with Gasteiger partial charge in [-0.25, -0.2) is 13.2 Å². The molecule has 0 aliphatic heterocycles. The maximum Gasteiger partial charge on any atom is 0.194 e. The van der Waals surface area contributed by atoms with E-state index < -0.39 is 17.5 Å². The molecule has 0 unspecified atom stereocenters. The third-order valence-electron chi connectivity index (χ3n) is 9.67. The van der Waals surface area contributed by atoms with Crippen molar-refractivity contribution in [1.82, 2.24) is 0 Å². The van der Waals surface area contributed by atoms with Gasteiger partial charge in [-0.2, -0.15) is 0 Å². The minimum absolute atomic E-state index is 0.150. The van der Waals surface area contributed by atoms with E-state index in [4.69, 9.17) is 0 Å². The predicted molar refractivity (Wildman–Crippen MR) is 137 cm³/mol. The van der Waals surface area contributed by atoms with Crippen LogP contribution in [0.3, 0.4) is 0 Å². The number of hydrogen-bond acceptors (Lipinski definition) is 0. The lowest BCUT2D eigenvalue weighted by Gasteiger charge is -2.38. The minimum atomic E-state index is -1.36. The molecule has 0 saturated heterocycles. The lowest BCUT2D eigenvalue weighted by molar-refractivity contribution is 0.176. The lowest BCUT2D eigenvalue weighted by atomic mass is 9.67. The Labute approximate surface area is 209 Å². The van der Waals surface area contributed by atoms with E-state index in [-0.39, 0.29) is 5.92 Å². The van der Waals surface area contributed by atoms with Gasteiger partial charge in [-0.05, 0) is 141 Å². The van der Waals surface area contributed by atoms with Crippen LogP contribution in [0.5, 0.6) is 0 Å². The molecule has 0 heterocycles. The van der Waals surface area contributed by atoms with Gasteiger partial charge in [0.05, 0.1) is 0 Å². The number of hydrogen-bond donors (Lipinski definition) is 0. The molecule has 0 bridgehead atoms. The van der Waals surface area contributed by atoms with Crippen LogP contribution < -0.4 is 0 Å². The summed E-state index contributed by atoms with van der Waals surface area (Å²) in [5, 5.41) is 0. The molecular weight excluding hydrogens is 441 g/mol. The fourth-order valence-electron chi connectivity index (χ4n) is 7.39. The van der Waals surface area contributed by atoms with Crippen LogP contribution >= 0.6 is 0 Å². The Kier molecular flexibility index (Phi) is 7.70. The zero-order valence-corrected chi connectivity index (χ0v) is 20.8. The van der Waals surface area contributed by atoms with Crippen molar-refractivity contribution in [3.63, 3.8) is 0 Å². The van der Waals surface area contributed by atoms with Gasteiger partial charge < -0.3 is 0 Å². The van der Waals surface area contributed by atoms with Gasteiger partial charge in [-0.15, -0.1) is 6.58 Å². The summed E-state index contributed by atoms with van der Waals surface area (Å²) in [4.78, 5) is 0. The lowest BCUT2D eigenvalue weighted by Crippen LogP contribution is -2.25. The normalized spacial score (nSPS) is 31.7. The zero-order valence-electron chi connectivity index (χ0n) is 20.8. The van der Waals surface area contributed by atoms with E-state index in [0.717, 1.165) is 37.5 Å². The van der Waals surface area contributed by atoms with Crippen LogP contribution in [-0.4, -0.2) is 0 Å². The minimum Gasteiger partial charge on any atom is -0.204 e. The summed E-state index contributed by atoms with van der Waals surface area (Å²) in [7, 11) is 0. The predicted octanol–water partition coefficient (Wildman–Crippen LogP) is 9.81. The van der Waals surface area contributed by atoms with Crippen molar-refractivity contribution < 1.29 is 13.2 Å². The molecule has 2 aromatic carbocycles. The Hall–Kier alpha value is -2.03. The molecule has 188 valence electrons. The number of allylic oxidation sites excluding steroid dienone is 1. The number of benzene rings is 2. The van der Waals surface area contributed by atoms with Gasteiger partial charge in [0.2, 0.25) is 0 Å². The largest absolute Gasteiger partial charge is 0.204 e. The van der Waals surface area contributed by atoms with Gasteiger partial charge in [0.25, 0.3) is 0 Å². The number of rotatable bonds is 5. The second kappa shape index (κ2) is 10.9. The van der Waals surface area contributed by atoms with Crippen LogP contribution in [0.25, 0.3) is 0 Å². The van der Waals surface area contributed by atoms with E-state index in [9.17, 15) is 13.2 Å². The third kappa shape index (κ3) is 5.54. The van der Waals surface area contributed by atoms with E-state index in [1.165, 1.54) is 74.6 Å². The van der Waals surface area contributed by atoms with Crippen molar-refractivity contribution >= 4 is 0 Å². The molecular formula is C32H39F3. The van der Waals surface area contributed by atoms with Crippen molar-refractivity contribution in [2.75, 3.05) is 0 Å². The summed E-state index contributed by atoms with van der Waals surface area (Å²) in [5.74, 6) is 0.268. The quantitative estimate of drug-likeness (QED) is 0.295. The van der Waals surface area contributed by atoms with Crippen LogP contribution in [0.2, 0.25) is 0 Å². The summed E-state index contributed by atoms with van der Waals surface area (Å²) >= 11 is 0. The standard InChI is InChI=1S/C32H39F3/c1-2-21-3-5-22(6-4-21)23-7-9-24(10-8-23)25-11-13-26(14-12-25)27-15-17-28(18-16-27)29-19-30(33)32(35)31(34)20-29/h2,7-10,19-22,25-28H,1,3-6,11-18H2. The molecule has 2 aromatic rings. The molecule has 0 spiro atoms. The highest BCUT2D eigenvalue weighted by Crippen LogP contribution is 2.46. The first kappa shape index (κ1) is 24.7. The topological polar surface area (TPSA) is 0 Å². The molecule has 0 atom stereocenters. The summed E-state index contributed by atoms with van der Waals surface area (Å²) in [5.41, 5.74) is 3.65. The van der Waals surface area contributed by atoms with Crippen LogP contribution in [0, 0.1) is 35.2 Å². The van der Waals surface area contributed by atoms with Gasteiger partial charge in [-0.3, -0.25) is 0 Å². The molecule has 0 nitrogen and oxygen atoms in total. The Bertz CT molecular complexity index is 963. The van der Waals surface area contributed by atoms with Crippen LogP contribution in [0.1, 0.15) is 111 Å². The SMILES string of the molecule is C=CC1CCC(c2ccc(C3CCC(C4CCC(c5cc(F)c(F)c(F)c5)CC4)CC3)cc2)CC1. The van der Waals surface area contributed by atoms with E-state index in [1.807, 2.05) is 0 Å². The monoisotopic (exact) mass is 480 g/mol. The first-order valence-corrected chi connectivity index (χ1v) is 13.9.